The minimum atomic E-state index is -0.0766. The molecule has 0 heterocycles. The number of anilines is 1. The molecule has 0 saturated heterocycles. The van der Waals surface area contributed by atoms with Gasteiger partial charge in [-0.05, 0) is 29.7 Å². The second-order valence-electron chi connectivity index (χ2n) is 6.30. The average Bonchev–Trinajstić information content (AvgIpc) is 2.76. The molecule has 3 aromatic carbocycles. The lowest BCUT2D eigenvalue weighted by Gasteiger charge is -2.22. The van der Waals surface area contributed by atoms with Gasteiger partial charge in [-0.15, -0.1) is 0 Å². The van der Waals surface area contributed by atoms with E-state index in [0.717, 1.165) is 10.8 Å². The monoisotopic (exact) mass is 397 g/mol. The first-order chi connectivity index (χ1) is 14.0. The third-order valence-corrected chi connectivity index (χ3v) is 4.82. The van der Waals surface area contributed by atoms with Crippen LogP contribution < -0.4 is 23.8 Å². The molecule has 1 N–H and O–H groups in total. The molecule has 152 valence electrons. The highest BCUT2D eigenvalue weighted by Crippen LogP contribution is 2.48. The number of methoxy groups -OCH3 is 4. The van der Waals surface area contributed by atoms with Gasteiger partial charge in [0.05, 0.1) is 34.1 Å². The van der Waals surface area contributed by atoms with Crippen LogP contribution in [0.4, 0.5) is 5.69 Å². The molecule has 0 spiro atoms. The van der Waals surface area contributed by atoms with Gasteiger partial charge >= 0.3 is 0 Å². The molecule has 29 heavy (non-hydrogen) atoms. The first-order valence-electron chi connectivity index (χ1n) is 8.81. The van der Waals surface area contributed by atoms with Gasteiger partial charge in [0.25, 0.3) is 0 Å². The summed E-state index contributed by atoms with van der Waals surface area (Å²) in [6.07, 6.45) is 0.715. The number of phenolic OH excluding ortho intramolecular Hbond substituents is 1. The van der Waals surface area contributed by atoms with Crippen LogP contribution in [0, 0.1) is 0 Å². The van der Waals surface area contributed by atoms with Crippen LogP contribution in [0.15, 0.2) is 36.4 Å². The summed E-state index contributed by atoms with van der Waals surface area (Å²) in [6, 6.07) is 10.8. The van der Waals surface area contributed by atoms with Gasteiger partial charge in [0, 0.05) is 23.6 Å². The Balaban J connectivity index is 2.38. The number of phenols is 1. The Morgan fingerprint density at radius 1 is 0.828 bits per heavy atom. The molecular weight excluding hydrogens is 374 g/mol. The molecule has 0 saturated carbocycles. The average molecular weight is 397 g/mol. The number of hydrogen-bond donors (Lipinski definition) is 1. The van der Waals surface area contributed by atoms with E-state index >= 15 is 0 Å². The van der Waals surface area contributed by atoms with Crippen molar-refractivity contribution in [1.82, 2.24) is 0 Å². The predicted octanol–water partition coefficient (Wildman–Crippen LogP) is 3.84. The number of carbonyl (C=O) groups is 1. The molecule has 0 bridgehead atoms. The van der Waals surface area contributed by atoms with Crippen LogP contribution in [0.5, 0.6) is 28.7 Å². The Bertz CT molecular complexity index is 1060. The number of benzene rings is 3. The molecule has 7 nitrogen and oxygen atoms in total. The highest BCUT2D eigenvalue weighted by atomic mass is 16.5. The minimum absolute atomic E-state index is 0.0766. The second kappa shape index (κ2) is 8.18. The quantitative estimate of drug-likeness (QED) is 0.611. The number of aromatic hydroxyl groups is 1. The molecular formula is C22H23NO6. The number of amides is 1. The number of rotatable bonds is 7. The third kappa shape index (κ3) is 3.35. The maximum atomic E-state index is 11.7. The first kappa shape index (κ1) is 20.1. The minimum Gasteiger partial charge on any atom is -0.504 e. The lowest BCUT2D eigenvalue weighted by atomic mass is 9.96. The molecule has 0 atom stereocenters. The van der Waals surface area contributed by atoms with Gasteiger partial charge in [-0.2, -0.15) is 0 Å². The van der Waals surface area contributed by atoms with Crippen molar-refractivity contribution in [2.45, 2.75) is 0 Å². The predicted molar refractivity (Wildman–Crippen MR) is 112 cm³/mol. The lowest BCUT2D eigenvalue weighted by molar-refractivity contribution is -0.107. The van der Waals surface area contributed by atoms with Gasteiger partial charge in [-0.1, -0.05) is 12.1 Å². The maximum Gasteiger partial charge on any atom is 0.213 e. The standard InChI is InChI=1S/C22H23NO6/c1-23(12-24)20-14(15-8-9-17(26-2)22(29-5)21(15)25)7-6-13-10-18(27-3)19(28-4)11-16(13)20/h6-12,25H,1-5H3. The Morgan fingerprint density at radius 3 is 2.03 bits per heavy atom. The van der Waals surface area contributed by atoms with Crippen LogP contribution in [0.25, 0.3) is 21.9 Å². The fourth-order valence-corrected chi connectivity index (χ4v) is 3.41. The molecule has 3 rings (SSSR count). The van der Waals surface area contributed by atoms with Crippen LogP contribution in [-0.4, -0.2) is 47.0 Å². The van der Waals surface area contributed by atoms with Crippen molar-refractivity contribution in [2.24, 2.45) is 0 Å². The SMILES string of the molecule is COc1cc2ccc(-c3ccc(OC)c(OC)c3O)c(N(C)C=O)c2cc1OC. The van der Waals surface area contributed by atoms with Crippen molar-refractivity contribution < 1.29 is 28.8 Å². The summed E-state index contributed by atoms with van der Waals surface area (Å²) in [5, 5.41) is 12.5. The van der Waals surface area contributed by atoms with Crippen LogP contribution >= 0.6 is 0 Å². The summed E-state index contributed by atoms with van der Waals surface area (Å²) in [4.78, 5) is 13.1. The van der Waals surface area contributed by atoms with Crippen molar-refractivity contribution in [3.8, 4) is 39.9 Å². The number of carbonyl (C=O) groups excluding carboxylic acids is 1. The number of nitrogens with zero attached hydrogens (tertiary/aromatic N) is 1. The van der Waals surface area contributed by atoms with E-state index < -0.39 is 0 Å². The number of hydrogen-bond acceptors (Lipinski definition) is 6. The Morgan fingerprint density at radius 2 is 1.45 bits per heavy atom. The van der Waals surface area contributed by atoms with Crippen molar-refractivity contribution in [3.63, 3.8) is 0 Å². The second-order valence-corrected chi connectivity index (χ2v) is 6.30. The molecule has 1 amide bonds. The summed E-state index contributed by atoms with van der Waals surface area (Å²) >= 11 is 0. The highest BCUT2D eigenvalue weighted by Gasteiger charge is 2.21. The van der Waals surface area contributed by atoms with E-state index in [9.17, 15) is 9.90 Å². The summed E-state index contributed by atoms with van der Waals surface area (Å²) in [6.45, 7) is 0. The van der Waals surface area contributed by atoms with E-state index in [-0.39, 0.29) is 11.5 Å². The molecule has 0 aliphatic heterocycles. The zero-order valence-electron chi connectivity index (χ0n) is 17.0. The molecule has 3 aromatic rings. The van der Waals surface area contributed by atoms with E-state index in [0.29, 0.717) is 40.5 Å². The van der Waals surface area contributed by atoms with Gasteiger partial charge in [0.15, 0.2) is 23.0 Å². The van der Waals surface area contributed by atoms with Crippen LogP contribution in [0.3, 0.4) is 0 Å². The van der Waals surface area contributed by atoms with Gasteiger partial charge in [0.1, 0.15) is 0 Å². The number of ether oxygens (including phenoxy) is 4. The lowest BCUT2D eigenvalue weighted by Crippen LogP contribution is -2.15. The zero-order valence-corrected chi connectivity index (χ0v) is 17.0. The molecule has 0 aromatic heterocycles. The molecule has 0 unspecified atom stereocenters. The van der Waals surface area contributed by atoms with Gasteiger partial charge in [-0.25, -0.2) is 0 Å². The Labute approximate surface area is 169 Å². The van der Waals surface area contributed by atoms with Crippen LogP contribution in [0.2, 0.25) is 0 Å². The molecule has 7 heteroatoms. The molecule has 0 radical (unpaired) electrons. The molecule has 0 aliphatic carbocycles. The summed E-state index contributed by atoms with van der Waals surface area (Å²) in [7, 11) is 7.73. The van der Waals surface area contributed by atoms with Crippen molar-refractivity contribution in [3.05, 3.63) is 36.4 Å². The Hall–Kier alpha value is -3.61. The number of fused-ring (bicyclic) bond motifs is 1. The topological polar surface area (TPSA) is 77.5 Å². The smallest absolute Gasteiger partial charge is 0.213 e. The summed E-state index contributed by atoms with van der Waals surface area (Å²) in [5.41, 5.74) is 1.77. The molecule has 0 aliphatic rings. The zero-order chi connectivity index (χ0) is 21.1. The van der Waals surface area contributed by atoms with E-state index in [4.69, 9.17) is 18.9 Å². The van der Waals surface area contributed by atoms with E-state index in [1.54, 1.807) is 33.4 Å². The van der Waals surface area contributed by atoms with Gasteiger partial charge in [0.2, 0.25) is 12.2 Å². The fourth-order valence-electron chi connectivity index (χ4n) is 3.41. The summed E-state index contributed by atoms with van der Waals surface area (Å²) < 4.78 is 21.4. The highest BCUT2D eigenvalue weighted by molar-refractivity contribution is 6.07. The van der Waals surface area contributed by atoms with Crippen LogP contribution in [0.1, 0.15) is 0 Å². The largest absolute Gasteiger partial charge is 0.504 e. The summed E-state index contributed by atoms with van der Waals surface area (Å²) in [5.74, 6) is 1.67. The van der Waals surface area contributed by atoms with E-state index in [1.807, 2.05) is 24.3 Å². The third-order valence-electron chi connectivity index (χ3n) is 4.82. The van der Waals surface area contributed by atoms with Crippen molar-refractivity contribution in [2.75, 3.05) is 40.4 Å². The van der Waals surface area contributed by atoms with E-state index in [1.165, 1.54) is 19.1 Å². The van der Waals surface area contributed by atoms with E-state index in [2.05, 4.69) is 0 Å². The van der Waals surface area contributed by atoms with Crippen molar-refractivity contribution >= 4 is 22.9 Å². The Kier molecular flexibility index (Phi) is 5.68. The first-order valence-corrected chi connectivity index (χ1v) is 8.81. The van der Waals surface area contributed by atoms with Crippen molar-refractivity contribution in [1.29, 1.82) is 0 Å². The molecule has 0 fully saturated rings. The fraction of sp³-hybridized carbons (Fsp3) is 0.227. The van der Waals surface area contributed by atoms with Gasteiger partial charge < -0.3 is 29.0 Å². The van der Waals surface area contributed by atoms with Crippen LogP contribution in [-0.2, 0) is 4.79 Å². The normalized spacial score (nSPS) is 10.5. The maximum absolute atomic E-state index is 11.7. The van der Waals surface area contributed by atoms with Gasteiger partial charge in [-0.3, -0.25) is 4.79 Å².